The molecule has 0 aromatic heterocycles. The van der Waals surface area contributed by atoms with Crippen LogP contribution >= 0.6 is 11.6 Å². The zero-order chi connectivity index (χ0) is 20.9. The van der Waals surface area contributed by atoms with Crippen molar-refractivity contribution in [3.05, 3.63) is 75.9 Å². The molecule has 0 heterocycles. The van der Waals surface area contributed by atoms with E-state index in [1.54, 1.807) is 26.0 Å². The Bertz CT molecular complexity index is 991. The summed E-state index contributed by atoms with van der Waals surface area (Å²) in [6, 6.07) is 10.5. The largest absolute Gasteiger partial charge is 0.486 e. The molecule has 2 atom stereocenters. The molecule has 2 rings (SSSR count). The number of rotatable bonds is 7. The van der Waals surface area contributed by atoms with Crippen LogP contribution in [0, 0.1) is 5.82 Å². The van der Waals surface area contributed by atoms with Gasteiger partial charge in [-0.15, -0.1) is 0 Å². The van der Waals surface area contributed by atoms with Crippen molar-refractivity contribution in [2.75, 3.05) is 6.26 Å². The fourth-order valence-electron chi connectivity index (χ4n) is 2.42. The highest BCUT2D eigenvalue weighted by Gasteiger charge is 2.16. The fraction of sp³-hybridized carbons (Fsp3) is 0.250. The minimum atomic E-state index is -3.30. The van der Waals surface area contributed by atoms with E-state index in [0.717, 1.165) is 23.3 Å². The SMILES string of the molecule is C[C@H](/C=C/S(C)(=O)=O)NC(=O)c1ccc(O[C@@H](C)c2ccccc2Cl)cc1F. The maximum absolute atomic E-state index is 14.4. The van der Waals surface area contributed by atoms with Gasteiger partial charge in [-0.3, -0.25) is 4.79 Å². The minimum Gasteiger partial charge on any atom is -0.486 e. The molecule has 8 heteroatoms. The van der Waals surface area contributed by atoms with E-state index >= 15 is 0 Å². The quantitative estimate of drug-likeness (QED) is 0.718. The van der Waals surface area contributed by atoms with Crippen LogP contribution in [0.15, 0.2) is 53.9 Å². The highest BCUT2D eigenvalue weighted by Crippen LogP contribution is 2.28. The first kappa shape index (κ1) is 21.9. The average molecular weight is 426 g/mol. The van der Waals surface area contributed by atoms with Crippen LogP contribution in [0.3, 0.4) is 0 Å². The predicted molar refractivity (Wildman–Crippen MR) is 108 cm³/mol. The van der Waals surface area contributed by atoms with E-state index in [9.17, 15) is 17.6 Å². The number of benzene rings is 2. The molecule has 0 saturated carbocycles. The van der Waals surface area contributed by atoms with Gasteiger partial charge in [0.25, 0.3) is 5.91 Å². The number of hydrogen-bond acceptors (Lipinski definition) is 4. The summed E-state index contributed by atoms with van der Waals surface area (Å²) >= 11 is 6.14. The number of ether oxygens (including phenoxy) is 1. The summed E-state index contributed by atoms with van der Waals surface area (Å²) in [4.78, 5) is 12.2. The Labute approximate surface area is 169 Å². The molecule has 5 nitrogen and oxygen atoms in total. The topological polar surface area (TPSA) is 72.5 Å². The molecule has 0 spiro atoms. The van der Waals surface area contributed by atoms with Crippen LogP contribution in [0.5, 0.6) is 5.75 Å². The molecule has 0 fully saturated rings. The molecule has 150 valence electrons. The van der Waals surface area contributed by atoms with Gasteiger partial charge in [-0.2, -0.15) is 0 Å². The number of sulfone groups is 1. The van der Waals surface area contributed by atoms with E-state index in [2.05, 4.69) is 5.32 Å². The normalized spacial score (nSPS) is 13.9. The monoisotopic (exact) mass is 425 g/mol. The molecule has 0 aliphatic rings. The van der Waals surface area contributed by atoms with Crippen molar-refractivity contribution in [2.24, 2.45) is 0 Å². The summed E-state index contributed by atoms with van der Waals surface area (Å²) in [5.74, 6) is -1.15. The van der Waals surface area contributed by atoms with E-state index in [1.807, 2.05) is 12.1 Å². The summed E-state index contributed by atoms with van der Waals surface area (Å²) in [6.45, 7) is 3.37. The lowest BCUT2D eigenvalue weighted by molar-refractivity contribution is 0.0942. The predicted octanol–water partition coefficient (Wildman–Crippen LogP) is 4.30. The maximum atomic E-state index is 14.4. The van der Waals surface area contributed by atoms with Crippen molar-refractivity contribution >= 4 is 27.3 Å². The van der Waals surface area contributed by atoms with Gasteiger partial charge >= 0.3 is 0 Å². The first-order chi connectivity index (χ1) is 13.1. The number of hydrogen-bond donors (Lipinski definition) is 1. The molecule has 0 aliphatic carbocycles. The summed E-state index contributed by atoms with van der Waals surface area (Å²) in [7, 11) is -3.30. The van der Waals surface area contributed by atoms with Crippen molar-refractivity contribution in [2.45, 2.75) is 26.0 Å². The van der Waals surface area contributed by atoms with Crippen LogP contribution in [-0.4, -0.2) is 26.6 Å². The Balaban J connectivity index is 2.08. The average Bonchev–Trinajstić information content (AvgIpc) is 2.59. The van der Waals surface area contributed by atoms with Crippen LogP contribution in [0.1, 0.15) is 35.9 Å². The Morgan fingerprint density at radius 2 is 1.89 bits per heavy atom. The van der Waals surface area contributed by atoms with Gasteiger partial charge in [0, 0.05) is 34.4 Å². The smallest absolute Gasteiger partial charge is 0.254 e. The second-order valence-corrected chi connectivity index (χ2v) is 8.68. The van der Waals surface area contributed by atoms with E-state index < -0.39 is 33.7 Å². The van der Waals surface area contributed by atoms with E-state index in [4.69, 9.17) is 16.3 Å². The van der Waals surface area contributed by atoms with Crippen molar-refractivity contribution in [3.63, 3.8) is 0 Å². The zero-order valence-electron chi connectivity index (χ0n) is 15.6. The van der Waals surface area contributed by atoms with Crippen LogP contribution < -0.4 is 10.1 Å². The highest BCUT2D eigenvalue weighted by atomic mass is 35.5. The summed E-state index contributed by atoms with van der Waals surface area (Å²) in [5.41, 5.74) is 0.593. The maximum Gasteiger partial charge on any atom is 0.254 e. The van der Waals surface area contributed by atoms with Crippen molar-refractivity contribution in [1.29, 1.82) is 0 Å². The highest BCUT2D eigenvalue weighted by molar-refractivity contribution is 7.93. The zero-order valence-corrected chi connectivity index (χ0v) is 17.2. The van der Waals surface area contributed by atoms with Crippen molar-refractivity contribution < 1.29 is 22.3 Å². The molecule has 0 unspecified atom stereocenters. The summed E-state index contributed by atoms with van der Waals surface area (Å²) < 4.78 is 42.3. The molecular weight excluding hydrogens is 405 g/mol. The molecule has 2 aromatic rings. The van der Waals surface area contributed by atoms with Crippen molar-refractivity contribution in [3.8, 4) is 5.75 Å². The van der Waals surface area contributed by atoms with Crippen LogP contribution in [0.2, 0.25) is 5.02 Å². The van der Waals surface area contributed by atoms with Gasteiger partial charge in [-0.25, -0.2) is 12.8 Å². The van der Waals surface area contributed by atoms with Gasteiger partial charge in [-0.1, -0.05) is 35.9 Å². The van der Waals surface area contributed by atoms with Gasteiger partial charge < -0.3 is 10.1 Å². The fourth-order valence-corrected chi connectivity index (χ4v) is 3.23. The van der Waals surface area contributed by atoms with Crippen LogP contribution in [0.4, 0.5) is 4.39 Å². The molecule has 28 heavy (non-hydrogen) atoms. The van der Waals surface area contributed by atoms with Crippen molar-refractivity contribution in [1.82, 2.24) is 5.32 Å². The standard InChI is InChI=1S/C20H21ClFNO4S/c1-13(10-11-28(3,25)26)23-20(24)17-9-8-15(12-19(17)22)27-14(2)16-6-4-5-7-18(16)21/h4-14H,1-3H3,(H,23,24)/b11-10+/t13-,14+/m1/s1. The van der Waals surface area contributed by atoms with Gasteiger partial charge in [0.05, 0.1) is 5.56 Å². The minimum absolute atomic E-state index is 0.169. The number of carbonyl (C=O) groups excluding carboxylic acids is 1. The van der Waals surface area contributed by atoms with Gasteiger partial charge in [0.1, 0.15) is 17.7 Å². The second kappa shape index (κ2) is 9.21. The van der Waals surface area contributed by atoms with E-state index in [-0.39, 0.29) is 11.3 Å². The number of carbonyl (C=O) groups is 1. The molecule has 0 radical (unpaired) electrons. The van der Waals surface area contributed by atoms with E-state index in [1.165, 1.54) is 18.2 Å². The van der Waals surface area contributed by atoms with Gasteiger partial charge in [-0.05, 0) is 32.0 Å². The summed E-state index contributed by atoms with van der Waals surface area (Å²) in [6.07, 6.45) is 1.95. The first-order valence-corrected chi connectivity index (χ1v) is 10.8. The van der Waals surface area contributed by atoms with Gasteiger partial charge in [0.2, 0.25) is 0 Å². The van der Waals surface area contributed by atoms with Crippen LogP contribution in [0.25, 0.3) is 0 Å². The lowest BCUT2D eigenvalue weighted by Gasteiger charge is -2.17. The lowest BCUT2D eigenvalue weighted by atomic mass is 10.1. The molecule has 0 aliphatic heterocycles. The molecule has 1 N–H and O–H groups in total. The molecule has 2 aromatic carbocycles. The van der Waals surface area contributed by atoms with Crippen LogP contribution in [-0.2, 0) is 9.84 Å². The molecule has 0 saturated heterocycles. The number of nitrogens with one attached hydrogen (secondary N) is 1. The second-order valence-electron chi connectivity index (χ2n) is 6.34. The Hall–Kier alpha value is -2.38. The third kappa shape index (κ3) is 6.35. The third-order valence-electron chi connectivity index (χ3n) is 3.81. The van der Waals surface area contributed by atoms with E-state index in [0.29, 0.717) is 5.02 Å². The number of halogens is 2. The third-order valence-corrected chi connectivity index (χ3v) is 4.81. The van der Waals surface area contributed by atoms with Gasteiger partial charge in [0.15, 0.2) is 9.84 Å². The first-order valence-electron chi connectivity index (χ1n) is 8.46. The lowest BCUT2D eigenvalue weighted by Crippen LogP contribution is -2.31. The molecule has 0 bridgehead atoms. The molecular formula is C20H21ClFNO4S. The Morgan fingerprint density at radius 3 is 2.50 bits per heavy atom. The Morgan fingerprint density at radius 1 is 1.21 bits per heavy atom. The summed E-state index contributed by atoms with van der Waals surface area (Å²) in [5, 5.41) is 4.05. The number of amides is 1. The Kier molecular flexibility index (Phi) is 7.21. The molecule has 1 amide bonds.